The quantitative estimate of drug-likeness (QED) is 0.491. The third-order valence-electron chi connectivity index (χ3n) is 3.62. The third-order valence-corrected chi connectivity index (χ3v) is 5.19. The molecular formula is C17H18BrNO6S. The van der Waals surface area contributed by atoms with Crippen LogP contribution in [0, 0.1) is 0 Å². The van der Waals surface area contributed by atoms with Crippen LogP contribution in [0.25, 0.3) is 6.08 Å². The Bertz CT molecular complexity index is 779. The molecule has 1 fully saturated rings. The first kappa shape index (κ1) is 20.3. The lowest BCUT2D eigenvalue weighted by atomic mass is 10.1. The van der Waals surface area contributed by atoms with Crippen molar-refractivity contribution in [3.63, 3.8) is 0 Å². The maximum absolute atomic E-state index is 12.6. The minimum Gasteiger partial charge on any atom is -0.493 e. The number of imide groups is 1. The van der Waals surface area contributed by atoms with Crippen molar-refractivity contribution in [2.45, 2.75) is 19.9 Å². The fourth-order valence-corrected chi connectivity index (χ4v) is 3.66. The van der Waals surface area contributed by atoms with Gasteiger partial charge in [0.1, 0.15) is 6.04 Å². The molecule has 1 aliphatic heterocycles. The molecule has 0 radical (unpaired) electrons. The number of carbonyl (C=O) groups excluding carboxylic acids is 3. The molecule has 9 heteroatoms. The van der Waals surface area contributed by atoms with Gasteiger partial charge in [0.25, 0.3) is 11.1 Å². The van der Waals surface area contributed by atoms with Crippen molar-refractivity contribution in [2.24, 2.45) is 0 Å². The Labute approximate surface area is 163 Å². The van der Waals surface area contributed by atoms with Gasteiger partial charge in [-0.15, -0.1) is 0 Å². The van der Waals surface area contributed by atoms with Gasteiger partial charge in [-0.1, -0.05) is 15.9 Å². The Morgan fingerprint density at radius 2 is 2.00 bits per heavy atom. The van der Waals surface area contributed by atoms with Gasteiger partial charge in [-0.2, -0.15) is 0 Å². The molecule has 0 aromatic heterocycles. The lowest BCUT2D eigenvalue weighted by molar-refractivity contribution is -0.148. The Balaban J connectivity index is 2.37. The first-order chi connectivity index (χ1) is 12.3. The molecule has 1 atom stereocenters. The number of halogens is 1. The summed E-state index contributed by atoms with van der Waals surface area (Å²) in [5.74, 6) is -0.134. The van der Waals surface area contributed by atoms with E-state index in [0.717, 1.165) is 16.7 Å². The van der Waals surface area contributed by atoms with Crippen molar-refractivity contribution in [2.75, 3.05) is 20.8 Å². The van der Waals surface area contributed by atoms with Gasteiger partial charge in [-0.25, -0.2) is 4.79 Å². The van der Waals surface area contributed by atoms with Crippen molar-refractivity contribution in [3.05, 3.63) is 27.1 Å². The Morgan fingerprint density at radius 1 is 1.31 bits per heavy atom. The number of nitrogens with zero attached hydrogens (tertiary/aromatic N) is 1. The largest absolute Gasteiger partial charge is 0.493 e. The standard InChI is InChI=1S/C17H18BrNO6S/c1-5-25-13-8-11(18)10(6-12(13)23-3)7-14-15(20)19(17(22)26-14)9(2)16(21)24-4/h6-9H,5H2,1-4H3/b14-7+/t9-/m1/s1. The van der Waals surface area contributed by atoms with Crippen LogP contribution < -0.4 is 9.47 Å². The number of benzene rings is 1. The molecule has 26 heavy (non-hydrogen) atoms. The maximum Gasteiger partial charge on any atom is 0.328 e. The second kappa shape index (κ2) is 8.59. The van der Waals surface area contributed by atoms with Crippen LogP contribution in [-0.4, -0.2) is 48.9 Å². The van der Waals surface area contributed by atoms with Crippen LogP contribution in [0.3, 0.4) is 0 Å². The Hall–Kier alpha value is -2.00. The number of hydrogen-bond donors (Lipinski definition) is 0. The number of methoxy groups -OCH3 is 2. The van der Waals surface area contributed by atoms with Gasteiger partial charge in [0.2, 0.25) is 0 Å². The highest BCUT2D eigenvalue weighted by Gasteiger charge is 2.41. The van der Waals surface area contributed by atoms with Gasteiger partial charge in [0, 0.05) is 4.47 Å². The number of amides is 2. The van der Waals surface area contributed by atoms with Crippen molar-refractivity contribution < 1.29 is 28.6 Å². The normalized spacial score (nSPS) is 16.8. The molecule has 1 aliphatic rings. The van der Waals surface area contributed by atoms with E-state index in [2.05, 4.69) is 20.7 Å². The van der Waals surface area contributed by atoms with Gasteiger partial charge in [0.15, 0.2) is 11.5 Å². The minimum absolute atomic E-state index is 0.206. The van der Waals surface area contributed by atoms with Crippen LogP contribution >= 0.6 is 27.7 Å². The molecule has 2 amide bonds. The zero-order valence-electron chi connectivity index (χ0n) is 14.7. The summed E-state index contributed by atoms with van der Waals surface area (Å²) in [4.78, 5) is 37.5. The van der Waals surface area contributed by atoms with E-state index in [9.17, 15) is 14.4 Å². The van der Waals surface area contributed by atoms with Crippen LogP contribution in [-0.2, 0) is 14.3 Å². The fraction of sp³-hybridized carbons (Fsp3) is 0.353. The molecule has 0 bridgehead atoms. The third kappa shape index (κ3) is 4.04. The van der Waals surface area contributed by atoms with E-state index >= 15 is 0 Å². The SMILES string of the molecule is CCOc1cc(Br)c(/C=C2/SC(=O)N([C@H](C)C(=O)OC)C2=O)cc1OC. The van der Waals surface area contributed by atoms with Gasteiger partial charge in [-0.3, -0.25) is 14.5 Å². The summed E-state index contributed by atoms with van der Waals surface area (Å²) in [5, 5.41) is -0.520. The average molecular weight is 444 g/mol. The van der Waals surface area contributed by atoms with Crippen LogP contribution in [0.15, 0.2) is 21.5 Å². The summed E-state index contributed by atoms with van der Waals surface area (Å²) in [7, 11) is 2.72. The van der Waals surface area contributed by atoms with E-state index < -0.39 is 23.2 Å². The molecule has 140 valence electrons. The number of hydrogen-bond acceptors (Lipinski definition) is 7. The van der Waals surface area contributed by atoms with E-state index in [0.29, 0.717) is 28.1 Å². The van der Waals surface area contributed by atoms with Gasteiger partial charge < -0.3 is 14.2 Å². The maximum atomic E-state index is 12.6. The second-order valence-electron chi connectivity index (χ2n) is 5.21. The van der Waals surface area contributed by atoms with Crippen LogP contribution in [0.1, 0.15) is 19.4 Å². The molecule has 0 spiro atoms. The molecule has 2 rings (SSSR count). The molecule has 0 saturated carbocycles. The lowest BCUT2D eigenvalue weighted by Gasteiger charge is -2.18. The highest BCUT2D eigenvalue weighted by atomic mass is 79.9. The summed E-state index contributed by atoms with van der Waals surface area (Å²) < 4.78 is 16.1. The molecule has 7 nitrogen and oxygen atoms in total. The number of esters is 1. The summed E-state index contributed by atoms with van der Waals surface area (Å²) in [6.45, 7) is 3.78. The van der Waals surface area contributed by atoms with Gasteiger partial charge >= 0.3 is 5.97 Å². The topological polar surface area (TPSA) is 82.1 Å². The fourth-order valence-electron chi connectivity index (χ4n) is 2.32. The van der Waals surface area contributed by atoms with E-state index in [-0.39, 0.29) is 4.91 Å². The van der Waals surface area contributed by atoms with E-state index in [4.69, 9.17) is 9.47 Å². The lowest BCUT2D eigenvalue weighted by Crippen LogP contribution is -2.42. The summed E-state index contributed by atoms with van der Waals surface area (Å²) in [6, 6.07) is 2.44. The summed E-state index contributed by atoms with van der Waals surface area (Å²) in [5.41, 5.74) is 0.640. The second-order valence-corrected chi connectivity index (χ2v) is 7.06. The highest BCUT2D eigenvalue weighted by Crippen LogP contribution is 2.38. The van der Waals surface area contributed by atoms with E-state index in [1.807, 2.05) is 6.92 Å². The van der Waals surface area contributed by atoms with E-state index in [1.165, 1.54) is 21.1 Å². The van der Waals surface area contributed by atoms with Gasteiger partial charge in [0.05, 0.1) is 25.7 Å². The monoisotopic (exact) mass is 443 g/mol. The van der Waals surface area contributed by atoms with E-state index in [1.54, 1.807) is 18.2 Å². The van der Waals surface area contributed by atoms with Crippen molar-refractivity contribution in [1.29, 1.82) is 0 Å². The molecule has 1 heterocycles. The number of ether oxygens (including phenoxy) is 3. The molecule has 0 N–H and O–H groups in total. The molecule has 1 aromatic carbocycles. The first-order valence-electron chi connectivity index (χ1n) is 7.69. The van der Waals surface area contributed by atoms with Crippen LogP contribution in [0.2, 0.25) is 0 Å². The predicted octanol–water partition coefficient (Wildman–Crippen LogP) is 3.45. The van der Waals surface area contributed by atoms with Crippen LogP contribution in [0.4, 0.5) is 4.79 Å². The predicted molar refractivity (Wildman–Crippen MR) is 101 cm³/mol. The van der Waals surface area contributed by atoms with Crippen molar-refractivity contribution >= 4 is 50.9 Å². The zero-order chi connectivity index (χ0) is 19.4. The van der Waals surface area contributed by atoms with Crippen LogP contribution in [0.5, 0.6) is 11.5 Å². The number of carbonyl (C=O) groups is 3. The molecule has 1 aromatic rings. The summed E-state index contributed by atoms with van der Waals surface area (Å²) >= 11 is 4.20. The molecule has 0 aliphatic carbocycles. The van der Waals surface area contributed by atoms with Crippen molar-refractivity contribution in [3.8, 4) is 11.5 Å². The summed E-state index contributed by atoms with van der Waals surface area (Å²) in [6.07, 6.45) is 1.57. The minimum atomic E-state index is -0.989. The zero-order valence-corrected chi connectivity index (χ0v) is 17.1. The average Bonchev–Trinajstić information content (AvgIpc) is 2.89. The Kier molecular flexibility index (Phi) is 6.71. The highest BCUT2D eigenvalue weighted by molar-refractivity contribution is 9.10. The van der Waals surface area contributed by atoms with Crippen molar-refractivity contribution in [1.82, 2.24) is 4.90 Å². The number of thioether (sulfide) groups is 1. The number of rotatable bonds is 6. The Morgan fingerprint density at radius 3 is 2.58 bits per heavy atom. The first-order valence-corrected chi connectivity index (χ1v) is 9.30. The van der Waals surface area contributed by atoms with Gasteiger partial charge in [-0.05, 0) is 49.4 Å². The molecule has 1 saturated heterocycles. The smallest absolute Gasteiger partial charge is 0.328 e. The molecular weight excluding hydrogens is 426 g/mol. The molecule has 0 unspecified atom stereocenters.